The van der Waals surface area contributed by atoms with E-state index in [4.69, 9.17) is 21.1 Å². The Labute approximate surface area is 153 Å². The molecule has 1 aromatic rings. The van der Waals surface area contributed by atoms with Crippen molar-refractivity contribution in [1.82, 2.24) is 10.0 Å². The molecule has 140 valence electrons. The topological polar surface area (TPSA) is 93.7 Å². The average Bonchev–Trinajstić information content (AvgIpc) is 3.07. The number of benzene rings is 1. The van der Waals surface area contributed by atoms with Crippen molar-refractivity contribution in [3.05, 3.63) is 23.2 Å². The van der Waals surface area contributed by atoms with Gasteiger partial charge in [0, 0.05) is 13.2 Å². The van der Waals surface area contributed by atoms with Crippen molar-refractivity contribution < 1.29 is 22.7 Å². The molecular formula is C16H23ClN2O5S. The van der Waals surface area contributed by atoms with Gasteiger partial charge in [0.15, 0.2) is 0 Å². The van der Waals surface area contributed by atoms with Crippen LogP contribution in [0.2, 0.25) is 5.02 Å². The molecule has 0 bridgehead atoms. The summed E-state index contributed by atoms with van der Waals surface area (Å²) in [6, 6.07) is 3.25. The maximum absolute atomic E-state index is 12.4. The van der Waals surface area contributed by atoms with Crippen LogP contribution < -0.4 is 14.8 Å². The minimum atomic E-state index is -3.88. The molecule has 7 nitrogen and oxygen atoms in total. The molecule has 0 unspecified atom stereocenters. The Morgan fingerprint density at radius 2 is 2.24 bits per heavy atom. The van der Waals surface area contributed by atoms with Gasteiger partial charge in [-0.25, -0.2) is 8.42 Å². The smallest absolute Gasteiger partial charge is 0.241 e. The third-order valence-electron chi connectivity index (χ3n) is 3.77. The van der Waals surface area contributed by atoms with Crippen molar-refractivity contribution in [2.24, 2.45) is 0 Å². The monoisotopic (exact) mass is 390 g/mol. The zero-order chi connectivity index (χ0) is 18.4. The van der Waals surface area contributed by atoms with Crippen LogP contribution in [-0.2, 0) is 19.6 Å². The van der Waals surface area contributed by atoms with E-state index in [9.17, 15) is 13.2 Å². The van der Waals surface area contributed by atoms with E-state index in [0.29, 0.717) is 25.5 Å². The van der Waals surface area contributed by atoms with E-state index in [2.05, 4.69) is 10.0 Å². The molecule has 9 heteroatoms. The van der Waals surface area contributed by atoms with Crippen molar-refractivity contribution in [2.45, 2.75) is 43.7 Å². The van der Waals surface area contributed by atoms with Crippen LogP contribution in [-0.4, -0.2) is 46.2 Å². The van der Waals surface area contributed by atoms with E-state index in [-0.39, 0.29) is 16.0 Å². The molecule has 0 aromatic heterocycles. The standard InChI is InChI=1S/C16H23ClN2O5S/c1-3-23-15-7-6-13(9-14(15)17)25(21,22)19-11(2)16(20)18-10-12-5-4-8-24-12/h6-7,9,11-12,19H,3-5,8,10H2,1-2H3,(H,18,20)/t11-,12+/m0/s1. The summed E-state index contributed by atoms with van der Waals surface area (Å²) in [5, 5.41) is 2.89. The van der Waals surface area contributed by atoms with Crippen LogP contribution in [0.4, 0.5) is 0 Å². The highest BCUT2D eigenvalue weighted by Gasteiger charge is 2.24. The van der Waals surface area contributed by atoms with Crippen LogP contribution in [0.25, 0.3) is 0 Å². The molecule has 1 saturated heterocycles. The van der Waals surface area contributed by atoms with Gasteiger partial charge in [-0.3, -0.25) is 4.79 Å². The first-order valence-electron chi connectivity index (χ1n) is 8.17. The maximum atomic E-state index is 12.4. The summed E-state index contributed by atoms with van der Waals surface area (Å²) in [6.07, 6.45) is 1.87. The number of sulfonamides is 1. The van der Waals surface area contributed by atoms with Gasteiger partial charge in [-0.05, 0) is 44.9 Å². The van der Waals surface area contributed by atoms with E-state index in [1.165, 1.54) is 25.1 Å². The molecule has 25 heavy (non-hydrogen) atoms. The molecule has 1 fully saturated rings. The predicted octanol–water partition coefficient (Wildman–Crippen LogP) is 1.70. The molecule has 2 rings (SSSR count). The normalized spacial score (nSPS) is 18.8. The summed E-state index contributed by atoms with van der Waals surface area (Å²) in [5.74, 6) is 0.00146. The van der Waals surface area contributed by atoms with E-state index < -0.39 is 22.0 Å². The van der Waals surface area contributed by atoms with E-state index in [1.54, 1.807) is 6.92 Å². The number of ether oxygens (including phenoxy) is 2. The molecule has 0 spiro atoms. The van der Waals surface area contributed by atoms with Crippen LogP contribution in [0.3, 0.4) is 0 Å². The summed E-state index contributed by atoms with van der Waals surface area (Å²) in [6.45, 7) is 4.78. The van der Waals surface area contributed by atoms with Crippen molar-refractivity contribution in [1.29, 1.82) is 0 Å². The summed E-state index contributed by atoms with van der Waals surface area (Å²) in [7, 11) is -3.88. The Morgan fingerprint density at radius 1 is 1.48 bits per heavy atom. The Bertz CT molecular complexity index is 704. The molecule has 1 heterocycles. The van der Waals surface area contributed by atoms with Crippen LogP contribution in [0.5, 0.6) is 5.75 Å². The largest absolute Gasteiger partial charge is 0.492 e. The van der Waals surface area contributed by atoms with Gasteiger partial charge in [0.05, 0.1) is 28.7 Å². The SMILES string of the molecule is CCOc1ccc(S(=O)(=O)N[C@@H](C)C(=O)NC[C@H]2CCCO2)cc1Cl. The number of carbonyl (C=O) groups excluding carboxylic acids is 1. The third-order valence-corrected chi connectivity index (χ3v) is 5.60. The van der Waals surface area contributed by atoms with Gasteiger partial charge in [0.1, 0.15) is 5.75 Å². The van der Waals surface area contributed by atoms with Crippen molar-refractivity contribution >= 4 is 27.5 Å². The summed E-state index contributed by atoms with van der Waals surface area (Å²) in [4.78, 5) is 12.0. The number of hydrogen-bond donors (Lipinski definition) is 2. The molecule has 1 aliphatic rings. The fourth-order valence-corrected chi connectivity index (χ4v) is 3.98. The molecule has 1 amide bonds. The maximum Gasteiger partial charge on any atom is 0.241 e. The van der Waals surface area contributed by atoms with Gasteiger partial charge in [0.2, 0.25) is 15.9 Å². The first kappa shape index (κ1) is 20.0. The Hall–Kier alpha value is -1.35. The Kier molecular flexibility index (Phi) is 7.06. The summed E-state index contributed by atoms with van der Waals surface area (Å²) in [5.41, 5.74) is 0. The fourth-order valence-electron chi connectivity index (χ4n) is 2.45. The van der Waals surface area contributed by atoms with Gasteiger partial charge in [-0.1, -0.05) is 11.6 Å². The second kappa shape index (κ2) is 8.84. The molecule has 0 saturated carbocycles. The number of amides is 1. The highest BCUT2D eigenvalue weighted by atomic mass is 35.5. The second-order valence-electron chi connectivity index (χ2n) is 5.75. The van der Waals surface area contributed by atoms with Crippen LogP contribution >= 0.6 is 11.6 Å². The summed E-state index contributed by atoms with van der Waals surface area (Å²) >= 11 is 6.03. The molecule has 2 N–H and O–H groups in total. The van der Waals surface area contributed by atoms with Gasteiger partial charge in [-0.2, -0.15) is 4.72 Å². The van der Waals surface area contributed by atoms with Crippen molar-refractivity contribution in [3.8, 4) is 5.75 Å². The molecule has 0 radical (unpaired) electrons. The van der Waals surface area contributed by atoms with Crippen molar-refractivity contribution in [2.75, 3.05) is 19.8 Å². The lowest BCUT2D eigenvalue weighted by Crippen LogP contribution is -2.46. The summed E-state index contributed by atoms with van der Waals surface area (Å²) < 4.78 is 37.9. The lowest BCUT2D eigenvalue weighted by atomic mass is 10.2. The molecular weight excluding hydrogens is 368 g/mol. The number of rotatable bonds is 8. The molecule has 1 aromatic carbocycles. The third kappa shape index (κ3) is 5.57. The van der Waals surface area contributed by atoms with Gasteiger partial charge in [-0.15, -0.1) is 0 Å². The molecule has 2 atom stereocenters. The van der Waals surface area contributed by atoms with E-state index in [0.717, 1.165) is 12.8 Å². The molecule has 1 aliphatic heterocycles. The van der Waals surface area contributed by atoms with Gasteiger partial charge >= 0.3 is 0 Å². The van der Waals surface area contributed by atoms with Crippen LogP contribution in [0.1, 0.15) is 26.7 Å². The zero-order valence-electron chi connectivity index (χ0n) is 14.2. The highest BCUT2D eigenvalue weighted by Crippen LogP contribution is 2.27. The Balaban J connectivity index is 1.96. The second-order valence-corrected chi connectivity index (χ2v) is 7.87. The first-order chi connectivity index (χ1) is 11.8. The van der Waals surface area contributed by atoms with Crippen molar-refractivity contribution in [3.63, 3.8) is 0 Å². The van der Waals surface area contributed by atoms with Gasteiger partial charge < -0.3 is 14.8 Å². The lowest BCUT2D eigenvalue weighted by molar-refractivity contribution is -0.122. The predicted molar refractivity (Wildman–Crippen MR) is 94.4 cm³/mol. The zero-order valence-corrected chi connectivity index (χ0v) is 15.8. The van der Waals surface area contributed by atoms with Gasteiger partial charge in [0.25, 0.3) is 0 Å². The Morgan fingerprint density at radius 3 is 2.84 bits per heavy atom. The van der Waals surface area contributed by atoms with E-state index >= 15 is 0 Å². The average molecular weight is 391 g/mol. The highest BCUT2D eigenvalue weighted by molar-refractivity contribution is 7.89. The van der Waals surface area contributed by atoms with E-state index in [1.807, 2.05) is 0 Å². The minimum Gasteiger partial charge on any atom is -0.492 e. The number of halogens is 1. The number of nitrogens with one attached hydrogen (secondary N) is 2. The minimum absolute atomic E-state index is 0.00215. The lowest BCUT2D eigenvalue weighted by Gasteiger charge is -2.16. The van der Waals surface area contributed by atoms with Crippen LogP contribution in [0, 0.1) is 0 Å². The number of carbonyl (C=O) groups is 1. The van der Waals surface area contributed by atoms with Crippen LogP contribution in [0.15, 0.2) is 23.1 Å². The number of hydrogen-bond acceptors (Lipinski definition) is 5. The first-order valence-corrected chi connectivity index (χ1v) is 10.0. The fraction of sp³-hybridized carbons (Fsp3) is 0.562. The molecule has 0 aliphatic carbocycles. The quantitative estimate of drug-likeness (QED) is 0.704.